The number of benzene rings is 1. The lowest BCUT2D eigenvalue weighted by Crippen LogP contribution is -2.27. The zero-order chi connectivity index (χ0) is 13.0. The molecule has 4 heteroatoms. The summed E-state index contributed by atoms with van der Waals surface area (Å²) < 4.78 is 16.6. The summed E-state index contributed by atoms with van der Waals surface area (Å²) in [6.45, 7) is 2.56. The minimum atomic E-state index is -0.501. The first kappa shape index (κ1) is 13.7. The van der Waals surface area contributed by atoms with Crippen LogP contribution in [0.2, 0.25) is 0 Å². The van der Waals surface area contributed by atoms with E-state index in [0.717, 1.165) is 18.6 Å². The van der Waals surface area contributed by atoms with Gasteiger partial charge in [-0.2, -0.15) is 0 Å². The van der Waals surface area contributed by atoms with Crippen LogP contribution in [0.5, 0.6) is 5.75 Å². The molecule has 1 aliphatic heterocycles. The highest BCUT2D eigenvalue weighted by Gasteiger charge is 2.36. The van der Waals surface area contributed by atoms with Crippen molar-refractivity contribution in [1.29, 1.82) is 0 Å². The third kappa shape index (κ3) is 3.37. The molecule has 1 aromatic rings. The van der Waals surface area contributed by atoms with E-state index in [0.29, 0.717) is 12.5 Å². The molecule has 0 unspecified atom stereocenters. The van der Waals surface area contributed by atoms with Gasteiger partial charge in [0.2, 0.25) is 0 Å². The van der Waals surface area contributed by atoms with Crippen molar-refractivity contribution in [3.8, 4) is 5.75 Å². The molecule has 0 spiro atoms. The molecule has 2 rings (SSSR count). The van der Waals surface area contributed by atoms with Gasteiger partial charge in [-0.3, -0.25) is 0 Å². The van der Waals surface area contributed by atoms with Crippen molar-refractivity contribution in [2.45, 2.75) is 31.7 Å². The Morgan fingerprint density at radius 3 is 2.67 bits per heavy atom. The molecular weight excluding hydrogens is 252 g/mol. The van der Waals surface area contributed by atoms with Crippen LogP contribution >= 0.6 is 11.6 Å². The number of alkyl halides is 1. The standard InChI is InChI=1S/C14H19ClO3/c1-14(17-10-13(9-15)18-14)8-7-11-3-5-12(16-2)6-4-11/h3-6,13H,7-10H2,1-2H3/t13-,14+/m1/s1. The van der Waals surface area contributed by atoms with Gasteiger partial charge in [-0.15, -0.1) is 11.6 Å². The summed E-state index contributed by atoms with van der Waals surface area (Å²) >= 11 is 5.77. The molecule has 1 aliphatic rings. The molecule has 2 atom stereocenters. The van der Waals surface area contributed by atoms with Gasteiger partial charge in [0.1, 0.15) is 5.75 Å². The van der Waals surface area contributed by atoms with Crippen molar-refractivity contribution >= 4 is 11.6 Å². The molecule has 1 saturated heterocycles. The lowest BCUT2D eigenvalue weighted by molar-refractivity contribution is -0.155. The summed E-state index contributed by atoms with van der Waals surface area (Å²) in [5.41, 5.74) is 1.25. The molecular formula is C14H19ClO3. The number of hydrogen-bond acceptors (Lipinski definition) is 3. The predicted octanol–water partition coefficient (Wildman–Crippen LogP) is 3.00. The number of methoxy groups -OCH3 is 1. The third-order valence-electron chi connectivity index (χ3n) is 3.19. The molecule has 3 nitrogen and oxygen atoms in total. The largest absolute Gasteiger partial charge is 0.497 e. The van der Waals surface area contributed by atoms with Crippen LogP contribution in [0.15, 0.2) is 24.3 Å². The van der Waals surface area contributed by atoms with Crippen LogP contribution in [0.4, 0.5) is 0 Å². The highest BCUT2D eigenvalue weighted by Crippen LogP contribution is 2.28. The molecule has 1 aromatic carbocycles. The van der Waals surface area contributed by atoms with E-state index in [9.17, 15) is 0 Å². The van der Waals surface area contributed by atoms with Crippen molar-refractivity contribution in [1.82, 2.24) is 0 Å². The summed E-state index contributed by atoms with van der Waals surface area (Å²) in [6.07, 6.45) is 1.76. The summed E-state index contributed by atoms with van der Waals surface area (Å²) in [4.78, 5) is 0. The van der Waals surface area contributed by atoms with Crippen LogP contribution in [0, 0.1) is 0 Å². The Morgan fingerprint density at radius 1 is 1.39 bits per heavy atom. The minimum absolute atomic E-state index is 0.0209. The minimum Gasteiger partial charge on any atom is -0.497 e. The van der Waals surface area contributed by atoms with Crippen LogP contribution in [0.3, 0.4) is 0 Å². The van der Waals surface area contributed by atoms with E-state index in [-0.39, 0.29) is 6.10 Å². The van der Waals surface area contributed by atoms with Gasteiger partial charge < -0.3 is 14.2 Å². The third-order valence-corrected chi connectivity index (χ3v) is 3.53. The topological polar surface area (TPSA) is 27.7 Å². The highest BCUT2D eigenvalue weighted by atomic mass is 35.5. The van der Waals surface area contributed by atoms with Crippen LogP contribution in [-0.4, -0.2) is 31.5 Å². The van der Waals surface area contributed by atoms with Crippen molar-refractivity contribution in [3.05, 3.63) is 29.8 Å². The van der Waals surface area contributed by atoms with Crippen molar-refractivity contribution < 1.29 is 14.2 Å². The maximum Gasteiger partial charge on any atom is 0.166 e. The Bertz CT molecular complexity index is 379. The number of hydrogen-bond donors (Lipinski definition) is 0. The maximum absolute atomic E-state index is 5.79. The second-order valence-electron chi connectivity index (χ2n) is 4.69. The Balaban J connectivity index is 1.87. The second kappa shape index (κ2) is 5.91. The molecule has 0 radical (unpaired) electrons. The van der Waals surface area contributed by atoms with Crippen LogP contribution in [0.25, 0.3) is 0 Å². The summed E-state index contributed by atoms with van der Waals surface area (Å²) in [5, 5.41) is 0. The van der Waals surface area contributed by atoms with Crippen LogP contribution in [-0.2, 0) is 15.9 Å². The fourth-order valence-electron chi connectivity index (χ4n) is 2.06. The molecule has 0 aromatic heterocycles. The fraction of sp³-hybridized carbons (Fsp3) is 0.571. The average molecular weight is 271 g/mol. The van der Waals surface area contributed by atoms with Gasteiger partial charge in [-0.05, 0) is 31.0 Å². The van der Waals surface area contributed by atoms with Crippen molar-refractivity contribution in [2.75, 3.05) is 19.6 Å². The smallest absolute Gasteiger partial charge is 0.166 e. The maximum atomic E-state index is 5.79. The highest BCUT2D eigenvalue weighted by molar-refractivity contribution is 6.18. The first-order valence-corrected chi connectivity index (χ1v) is 6.69. The Morgan fingerprint density at radius 2 is 2.11 bits per heavy atom. The molecule has 0 saturated carbocycles. The number of aryl methyl sites for hydroxylation is 1. The molecule has 18 heavy (non-hydrogen) atoms. The van der Waals surface area contributed by atoms with Gasteiger partial charge in [0, 0.05) is 6.42 Å². The first-order valence-electron chi connectivity index (χ1n) is 6.16. The van der Waals surface area contributed by atoms with Crippen molar-refractivity contribution in [3.63, 3.8) is 0 Å². The Hall–Kier alpha value is -0.770. The Kier molecular flexibility index (Phi) is 4.49. The van der Waals surface area contributed by atoms with E-state index >= 15 is 0 Å². The summed E-state index contributed by atoms with van der Waals surface area (Å²) in [7, 11) is 1.67. The predicted molar refractivity (Wildman–Crippen MR) is 71.3 cm³/mol. The molecule has 0 bridgehead atoms. The number of ether oxygens (including phenoxy) is 3. The molecule has 100 valence electrons. The van der Waals surface area contributed by atoms with E-state index < -0.39 is 5.79 Å². The van der Waals surface area contributed by atoms with Gasteiger partial charge in [0.25, 0.3) is 0 Å². The lowest BCUT2D eigenvalue weighted by Gasteiger charge is -2.23. The van der Waals surface area contributed by atoms with E-state index in [2.05, 4.69) is 12.1 Å². The van der Waals surface area contributed by atoms with E-state index in [1.165, 1.54) is 5.56 Å². The van der Waals surface area contributed by atoms with E-state index in [1.54, 1.807) is 7.11 Å². The molecule has 0 N–H and O–H groups in total. The summed E-state index contributed by atoms with van der Waals surface area (Å²) in [5.74, 6) is 0.859. The van der Waals surface area contributed by atoms with Gasteiger partial charge in [0.05, 0.1) is 25.7 Å². The van der Waals surface area contributed by atoms with Gasteiger partial charge >= 0.3 is 0 Å². The molecule has 0 aliphatic carbocycles. The molecule has 0 amide bonds. The number of rotatable bonds is 5. The summed E-state index contributed by atoms with van der Waals surface area (Å²) in [6, 6.07) is 8.07. The zero-order valence-electron chi connectivity index (χ0n) is 10.8. The normalized spacial score (nSPS) is 27.4. The molecule has 1 heterocycles. The van der Waals surface area contributed by atoms with Gasteiger partial charge in [-0.1, -0.05) is 12.1 Å². The first-order chi connectivity index (χ1) is 8.65. The van der Waals surface area contributed by atoms with Crippen molar-refractivity contribution in [2.24, 2.45) is 0 Å². The SMILES string of the molecule is COc1ccc(CC[C@@]2(C)OC[C@@H](CCl)O2)cc1. The zero-order valence-corrected chi connectivity index (χ0v) is 11.6. The monoisotopic (exact) mass is 270 g/mol. The number of halogens is 1. The van der Waals surface area contributed by atoms with E-state index in [4.69, 9.17) is 25.8 Å². The average Bonchev–Trinajstić information content (AvgIpc) is 2.79. The van der Waals surface area contributed by atoms with Crippen LogP contribution in [0.1, 0.15) is 18.9 Å². The van der Waals surface area contributed by atoms with E-state index in [1.807, 2.05) is 19.1 Å². The van der Waals surface area contributed by atoms with Gasteiger partial charge in [0.15, 0.2) is 5.79 Å². The fourth-order valence-corrected chi connectivity index (χ4v) is 2.21. The second-order valence-corrected chi connectivity index (χ2v) is 5.00. The van der Waals surface area contributed by atoms with Gasteiger partial charge in [-0.25, -0.2) is 0 Å². The lowest BCUT2D eigenvalue weighted by atomic mass is 10.1. The quantitative estimate of drug-likeness (QED) is 0.770. The Labute approximate surface area is 113 Å². The molecule has 1 fully saturated rings. The van der Waals surface area contributed by atoms with Crippen LogP contribution < -0.4 is 4.74 Å².